The molecule has 1 N–H and O–H groups in total. The molecular weight excluding hydrogens is 317 g/mol. The van der Waals surface area contributed by atoms with Crippen LogP contribution in [0.4, 0.5) is 4.39 Å². The highest BCUT2D eigenvalue weighted by atomic mass is 79.9. The van der Waals surface area contributed by atoms with Crippen LogP contribution in [0.5, 0.6) is 0 Å². The largest absolute Gasteiger partial charge is 0.316 e. The highest BCUT2D eigenvalue weighted by molar-refractivity contribution is 9.10. The van der Waals surface area contributed by atoms with Crippen molar-refractivity contribution in [1.29, 1.82) is 0 Å². The Hall–Kier alpha value is -0.900. The quantitative estimate of drug-likeness (QED) is 0.866. The van der Waals surface area contributed by atoms with E-state index in [4.69, 9.17) is 11.6 Å². The molecule has 2 aromatic rings. The van der Waals surface area contributed by atoms with Gasteiger partial charge in [0, 0.05) is 17.1 Å². The Balaban J connectivity index is 2.59. The number of nitrogens with one attached hydrogen (secondary N) is 1. The molecule has 0 unspecified atom stereocenters. The summed E-state index contributed by atoms with van der Waals surface area (Å²) in [5.41, 5.74) is 2.40. The molecule has 0 spiro atoms. The zero-order valence-corrected chi connectivity index (χ0v) is 12.1. The Morgan fingerprint density at radius 2 is 2.00 bits per heavy atom. The molecule has 1 nitrogen and oxygen atoms in total. The molecule has 0 saturated carbocycles. The van der Waals surface area contributed by atoms with E-state index in [1.165, 1.54) is 0 Å². The van der Waals surface area contributed by atoms with Gasteiger partial charge in [-0.2, -0.15) is 0 Å². The molecule has 2 rings (SSSR count). The average molecular weight is 329 g/mol. The van der Waals surface area contributed by atoms with E-state index in [0.717, 1.165) is 11.1 Å². The van der Waals surface area contributed by atoms with E-state index in [2.05, 4.69) is 21.2 Å². The van der Waals surface area contributed by atoms with Gasteiger partial charge in [0.1, 0.15) is 5.82 Å². The molecule has 0 heterocycles. The van der Waals surface area contributed by atoms with Crippen molar-refractivity contribution in [2.75, 3.05) is 7.05 Å². The van der Waals surface area contributed by atoms with Crippen molar-refractivity contribution >= 4 is 27.5 Å². The van der Waals surface area contributed by atoms with E-state index >= 15 is 0 Å². The summed E-state index contributed by atoms with van der Waals surface area (Å²) in [7, 11) is 1.85. The van der Waals surface area contributed by atoms with E-state index in [0.29, 0.717) is 21.6 Å². The van der Waals surface area contributed by atoms with Gasteiger partial charge in [0.2, 0.25) is 0 Å². The second kappa shape index (κ2) is 5.83. The molecule has 0 radical (unpaired) electrons. The SMILES string of the molecule is CNCc1cc(Cl)ccc1-c1cccc(Br)c1F. The van der Waals surface area contributed by atoms with Gasteiger partial charge in [0.25, 0.3) is 0 Å². The van der Waals surface area contributed by atoms with E-state index < -0.39 is 0 Å². The second-order valence-electron chi connectivity index (χ2n) is 3.93. The van der Waals surface area contributed by atoms with Gasteiger partial charge < -0.3 is 5.32 Å². The minimum atomic E-state index is -0.253. The third-order valence-corrected chi connectivity index (χ3v) is 3.52. The summed E-state index contributed by atoms with van der Waals surface area (Å²) in [5.74, 6) is -0.253. The highest BCUT2D eigenvalue weighted by Crippen LogP contribution is 2.31. The van der Waals surface area contributed by atoms with Gasteiger partial charge in [-0.15, -0.1) is 0 Å². The molecule has 0 bridgehead atoms. The van der Waals surface area contributed by atoms with E-state index in [9.17, 15) is 4.39 Å². The lowest BCUT2D eigenvalue weighted by molar-refractivity contribution is 0.624. The molecule has 0 amide bonds. The molecule has 2 aromatic carbocycles. The topological polar surface area (TPSA) is 12.0 Å². The smallest absolute Gasteiger partial charge is 0.145 e. The van der Waals surface area contributed by atoms with Crippen LogP contribution in [0.15, 0.2) is 40.9 Å². The number of rotatable bonds is 3. The Kier molecular flexibility index (Phi) is 4.38. The molecule has 0 aliphatic heterocycles. The van der Waals surface area contributed by atoms with Crippen LogP contribution in [-0.4, -0.2) is 7.05 Å². The summed E-state index contributed by atoms with van der Waals surface area (Å²) >= 11 is 9.18. The third-order valence-electron chi connectivity index (χ3n) is 2.68. The molecule has 94 valence electrons. The Morgan fingerprint density at radius 3 is 2.72 bits per heavy atom. The summed E-state index contributed by atoms with van der Waals surface area (Å²) in [5, 5.41) is 3.71. The van der Waals surface area contributed by atoms with Crippen LogP contribution >= 0.6 is 27.5 Å². The first-order valence-electron chi connectivity index (χ1n) is 5.51. The fourth-order valence-corrected chi connectivity index (χ4v) is 2.43. The van der Waals surface area contributed by atoms with E-state index in [1.54, 1.807) is 18.2 Å². The van der Waals surface area contributed by atoms with Gasteiger partial charge in [-0.3, -0.25) is 0 Å². The summed E-state index contributed by atoms with van der Waals surface area (Å²) < 4.78 is 14.6. The number of hydrogen-bond donors (Lipinski definition) is 1. The molecule has 0 fully saturated rings. The van der Waals surface area contributed by atoms with Gasteiger partial charge in [0.05, 0.1) is 4.47 Å². The van der Waals surface area contributed by atoms with Crippen LogP contribution in [0, 0.1) is 5.82 Å². The predicted octanol–water partition coefficient (Wildman–Crippen LogP) is 4.63. The van der Waals surface area contributed by atoms with Crippen molar-refractivity contribution in [3.63, 3.8) is 0 Å². The maximum absolute atomic E-state index is 14.1. The molecular formula is C14H12BrClFN. The first-order valence-corrected chi connectivity index (χ1v) is 6.68. The lowest BCUT2D eigenvalue weighted by Gasteiger charge is -2.11. The molecule has 0 aliphatic carbocycles. The summed E-state index contributed by atoms with van der Waals surface area (Å²) in [4.78, 5) is 0. The monoisotopic (exact) mass is 327 g/mol. The molecule has 18 heavy (non-hydrogen) atoms. The Morgan fingerprint density at radius 1 is 1.22 bits per heavy atom. The standard InChI is InChI=1S/C14H12BrClFN/c1-18-8-9-7-10(16)5-6-11(9)12-3-2-4-13(15)14(12)17/h2-7,18H,8H2,1H3. The maximum Gasteiger partial charge on any atom is 0.145 e. The van der Waals surface area contributed by atoms with Crippen LogP contribution in [0.25, 0.3) is 11.1 Å². The van der Waals surface area contributed by atoms with Gasteiger partial charge in [0.15, 0.2) is 0 Å². The first-order chi connectivity index (χ1) is 8.63. The van der Waals surface area contributed by atoms with Gasteiger partial charge in [-0.05, 0) is 52.3 Å². The average Bonchev–Trinajstić information content (AvgIpc) is 2.34. The Labute approximate surface area is 119 Å². The molecule has 0 atom stereocenters. The van der Waals surface area contributed by atoms with Crippen LogP contribution < -0.4 is 5.32 Å². The molecule has 0 aromatic heterocycles. The molecule has 0 aliphatic rings. The minimum absolute atomic E-state index is 0.253. The van der Waals surface area contributed by atoms with E-state index in [-0.39, 0.29) is 5.82 Å². The number of benzene rings is 2. The lowest BCUT2D eigenvalue weighted by atomic mass is 9.99. The summed E-state index contributed by atoms with van der Waals surface area (Å²) in [6.45, 7) is 0.641. The fraction of sp³-hybridized carbons (Fsp3) is 0.143. The second-order valence-corrected chi connectivity index (χ2v) is 5.22. The van der Waals surface area contributed by atoms with Crippen LogP contribution in [-0.2, 0) is 6.54 Å². The fourth-order valence-electron chi connectivity index (χ4n) is 1.87. The van der Waals surface area contributed by atoms with Crippen LogP contribution in [0.2, 0.25) is 5.02 Å². The van der Waals surface area contributed by atoms with Crippen molar-refractivity contribution in [2.24, 2.45) is 0 Å². The lowest BCUT2D eigenvalue weighted by Crippen LogP contribution is -2.06. The van der Waals surface area contributed by atoms with Crippen molar-refractivity contribution in [1.82, 2.24) is 5.32 Å². The van der Waals surface area contributed by atoms with Crippen molar-refractivity contribution < 1.29 is 4.39 Å². The van der Waals surface area contributed by atoms with Gasteiger partial charge in [-0.25, -0.2) is 4.39 Å². The minimum Gasteiger partial charge on any atom is -0.316 e. The van der Waals surface area contributed by atoms with Crippen molar-refractivity contribution in [2.45, 2.75) is 6.54 Å². The maximum atomic E-state index is 14.1. The highest BCUT2D eigenvalue weighted by Gasteiger charge is 2.12. The summed E-state index contributed by atoms with van der Waals surface area (Å²) in [6.07, 6.45) is 0. The zero-order chi connectivity index (χ0) is 13.1. The molecule has 4 heteroatoms. The van der Waals surface area contributed by atoms with Crippen molar-refractivity contribution in [3.05, 3.63) is 57.3 Å². The Bertz CT molecular complexity index is 572. The number of hydrogen-bond acceptors (Lipinski definition) is 1. The van der Waals surface area contributed by atoms with Gasteiger partial charge >= 0.3 is 0 Å². The van der Waals surface area contributed by atoms with Crippen LogP contribution in [0.3, 0.4) is 0 Å². The van der Waals surface area contributed by atoms with Gasteiger partial charge in [-0.1, -0.05) is 29.8 Å². The summed E-state index contributed by atoms with van der Waals surface area (Å²) in [6, 6.07) is 10.7. The normalized spacial score (nSPS) is 10.7. The zero-order valence-electron chi connectivity index (χ0n) is 9.81. The van der Waals surface area contributed by atoms with Crippen LogP contribution in [0.1, 0.15) is 5.56 Å². The van der Waals surface area contributed by atoms with E-state index in [1.807, 2.05) is 25.2 Å². The van der Waals surface area contributed by atoms with Crippen molar-refractivity contribution in [3.8, 4) is 11.1 Å². The molecule has 0 saturated heterocycles. The third kappa shape index (κ3) is 2.74. The first kappa shape index (κ1) is 13.5. The number of halogens is 3. The predicted molar refractivity (Wildman–Crippen MR) is 77.3 cm³/mol.